The van der Waals surface area contributed by atoms with E-state index in [0.717, 1.165) is 38.5 Å². The van der Waals surface area contributed by atoms with Crippen molar-refractivity contribution in [2.24, 2.45) is 0 Å². The third-order valence-electron chi connectivity index (χ3n) is 4.25. The van der Waals surface area contributed by atoms with Gasteiger partial charge in [0, 0.05) is 18.1 Å². The van der Waals surface area contributed by atoms with Gasteiger partial charge in [0.05, 0.1) is 6.04 Å². The van der Waals surface area contributed by atoms with Gasteiger partial charge in [0.25, 0.3) is 0 Å². The molecule has 0 aliphatic heterocycles. The molecule has 2 aliphatic rings. The lowest BCUT2D eigenvalue weighted by molar-refractivity contribution is -0.123. The number of carbonyl (C=O) groups excluding carboxylic acids is 2. The van der Waals surface area contributed by atoms with E-state index in [1.54, 1.807) is 0 Å². The summed E-state index contributed by atoms with van der Waals surface area (Å²) in [6.07, 6.45) is 5.62. The Hall–Kier alpha value is -1.30. The second-order valence-corrected chi connectivity index (χ2v) is 7.87. The average Bonchev–Trinajstić information content (AvgIpc) is 3.22. The topological polar surface area (TPSA) is 79.5 Å². The van der Waals surface area contributed by atoms with Crippen molar-refractivity contribution in [2.75, 3.05) is 0 Å². The quantitative estimate of drug-likeness (QED) is 0.723. The van der Waals surface area contributed by atoms with Crippen LogP contribution in [-0.2, 0) is 9.53 Å². The average molecular weight is 325 g/mol. The molecule has 0 saturated heterocycles. The molecule has 23 heavy (non-hydrogen) atoms. The van der Waals surface area contributed by atoms with Crippen molar-refractivity contribution in [3.8, 4) is 0 Å². The Labute approximate surface area is 139 Å². The highest BCUT2D eigenvalue weighted by Crippen LogP contribution is 2.21. The summed E-state index contributed by atoms with van der Waals surface area (Å²) >= 11 is 0. The lowest BCUT2D eigenvalue weighted by Crippen LogP contribution is -2.50. The molecule has 2 amide bonds. The highest BCUT2D eigenvalue weighted by Gasteiger charge is 2.29. The molecule has 0 heterocycles. The van der Waals surface area contributed by atoms with Crippen molar-refractivity contribution in [1.82, 2.24) is 16.0 Å². The van der Waals surface area contributed by atoms with Crippen LogP contribution in [0.25, 0.3) is 0 Å². The first-order valence-corrected chi connectivity index (χ1v) is 8.79. The number of ether oxygens (including phenoxy) is 1. The Balaban J connectivity index is 1.65. The van der Waals surface area contributed by atoms with Crippen LogP contribution in [0.2, 0.25) is 0 Å². The fourth-order valence-corrected chi connectivity index (χ4v) is 2.86. The second-order valence-electron chi connectivity index (χ2n) is 7.87. The smallest absolute Gasteiger partial charge is 0.407 e. The van der Waals surface area contributed by atoms with Gasteiger partial charge in [0.1, 0.15) is 5.60 Å². The van der Waals surface area contributed by atoms with Crippen molar-refractivity contribution in [3.63, 3.8) is 0 Å². The van der Waals surface area contributed by atoms with Crippen molar-refractivity contribution in [3.05, 3.63) is 0 Å². The van der Waals surface area contributed by atoms with Crippen LogP contribution < -0.4 is 16.0 Å². The van der Waals surface area contributed by atoms with Gasteiger partial charge in [-0.3, -0.25) is 4.79 Å². The zero-order valence-electron chi connectivity index (χ0n) is 14.8. The van der Waals surface area contributed by atoms with E-state index in [0.29, 0.717) is 12.1 Å². The fourth-order valence-electron chi connectivity index (χ4n) is 2.86. The van der Waals surface area contributed by atoms with Crippen LogP contribution in [0.3, 0.4) is 0 Å². The Morgan fingerprint density at radius 2 is 1.39 bits per heavy atom. The van der Waals surface area contributed by atoms with Gasteiger partial charge in [-0.25, -0.2) is 4.79 Å². The molecule has 3 N–H and O–H groups in total. The van der Waals surface area contributed by atoms with E-state index in [4.69, 9.17) is 4.74 Å². The van der Waals surface area contributed by atoms with Crippen LogP contribution in [-0.4, -0.2) is 41.8 Å². The molecule has 2 aliphatic carbocycles. The SMILES string of the molecule is CC(NC1CCC(NC(=O)OC(C)(C)C)CC1)C(=O)NC1CC1. The van der Waals surface area contributed by atoms with Gasteiger partial charge in [-0.2, -0.15) is 0 Å². The lowest BCUT2D eigenvalue weighted by Gasteiger charge is -2.32. The van der Waals surface area contributed by atoms with E-state index >= 15 is 0 Å². The van der Waals surface area contributed by atoms with E-state index in [2.05, 4.69) is 16.0 Å². The number of nitrogens with one attached hydrogen (secondary N) is 3. The highest BCUT2D eigenvalue weighted by atomic mass is 16.6. The molecule has 6 heteroatoms. The second kappa shape index (κ2) is 7.51. The molecule has 0 bridgehead atoms. The monoisotopic (exact) mass is 325 g/mol. The van der Waals surface area contributed by atoms with Gasteiger partial charge in [0.15, 0.2) is 0 Å². The number of hydrogen-bond donors (Lipinski definition) is 3. The minimum absolute atomic E-state index is 0.0986. The van der Waals surface area contributed by atoms with Crippen LogP contribution in [0, 0.1) is 0 Å². The molecule has 0 aromatic heterocycles. The van der Waals surface area contributed by atoms with Gasteiger partial charge in [0.2, 0.25) is 5.91 Å². The van der Waals surface area contributed by atoms with Gasteiger partial charge in [-0.15, -0.1) is 0 Å². The van der Waals surface area contributed by atoms with Crippen LogP contribution in [0.4, 0.5) is 4.79 Å². The maximum Gasteiger partial charge on any atom is 0.407 e. The van der Waals surface area contributed by atoms with Gasteiger partial charge >= 0.3 is 6.09 Å². The van der Waals surface area contributed by atoms with Gasteiger partial charge in [-0.05, 0) is 66.2 Å². The van der Waals surface area contributed by atoms with E-state index in [1.807, 2.05) is 27.7 Å². The molecular weight excluding hydrogens is 294 g/mol. The fraction of sp³-hybridized carbons (Fsp3) is 0.882. The summed E-state index contributed by atoms with van der Waals surface area (Å²) in [5.41, 5.74) is -0.465. The van der Waals surface area contributed by atoms with E-state index in [1.165, 1.54) is 0 Å². The number of carbonyl (C=O) groups is 2. The Bertz CT molecular complexity index is 421. The van der Waals surface area contributed by atoms with E-state index in [9.17, 15) is 9.59 Å². The first-order valence-electron chi connectivity index (χ1n) is 8.79. The molecule has 132 valence electrons. The van der Waals surface area contributed by atoms with Crippen molar-refractivity contribution in [2.45, 2.75) is 96.0 Å². The molecule has 0 radical (unpaired) electrons. The van der Waals surface area contributed by atoms with E-state index < -0.39 is 5.60 Å². The number of alkyl carbamates (subject to hydrolysis) is 1. The third-order valence-corrected chi connectivity index (χ3v) is 4.25. The standard InChI is InChI=1S/C17H31N3O3/c1-11(15(21)19-13-7-8-13)18-12-5-9-14(10-6-12)20-16(22)23-17(2,3)4/h11-14,18H,5-10H2,1-4H3,(H,19,21)(H,20,22). The normalized spacial score (nSPS) is 26.3. The number of rotatable bonds is 5. The first kappa shape index (κ1) is 18.0. The molecule has 2 rings (SSSR count). The molecule has 1 atom stereocenters. The maximum absolute atomic E-state index is 12.0. The minimum Gasteiger partial charge on any atom is -0.444 e. The summed E-state index contributed by atoms with van der Waals surface area (Å²) in [4.78, 5) is 23.7. The Kier molecular flexibility index (Phi) is 5.89. The van der Waals surface area contributed by atoms with Crippen LogP contribution in [0.1, 0.15) is 66.2 Å². The molecule has 0 spiro atoms. The summed E-state index contributed by atoms with van der Waals surface area (Å²) in [6, 6.07) is 0.751. The van der Waals surface area contributed by atoms with Crippen LogP contribution in [0.5, 0.6) is 0 Å². The van der Waals surface area contributed by atoms with E-state index in [-0.39, 0.29) is 24.1 Å². The van der Waals surface area contributed by atoms with Crippen molar-refractivity contribution in [1.29, 1.82) is 0 Å². The largest absolute Gasteiger partial charge is 0.444 e. The number of hydrogen-bond acceptors (Lipinski definition) is 4. The summed E-state index contributed by atoms with van der Waals surface area (Å²) in [5, 5.41) is 9.37. The summed E-state index contributed by atoms with van der Waals surface area (Å²) in [5.74, 6) is 0.0986. The Morgan fingerprint density at radius 1 is 0.913 bits per heavy atom. The molecule has 1 unspecified atom stereocenters. The van der Waals surface area contributed by atoms with Gasteiger partial charge in [-0.1, -0.05) is 0 Å². The molecule has 0 aromatic carbocycles. The first-order chi connectivity index (χ1) is 10.7. The van der Waals surface area contributed by atoms with Gasteiger partial charge < -0.3 is 20.7 Å². The summed E-state index contributed by atoms with van der Waals surface area (Å²) in [7, 11) is 0. The zero-order valence-corrected chi connectivity index (χ0v) is 14.8. The van der Waals surface area contributed by atoms with Crippen LogP contribution in [0.15, 0.2) is 0 Å². The lowest BCUT2D eigenvalue weighted by atomic mass is 9.91. The molecule has 0 aromatic rings. The predicted octanol–water partition coefficient (Wildman–Crippen LogP) is 2.08. The Morgan fingerprint density at radius 3 is 1.91 bits per heavy atom. The zero-order chi connectivity index (χ0) is 17.0. The summed E-state index contributed by atoms with van der Waals surface area (Å²) < 4.78 is 5.29. The molecule has 2 saturated carbocycles. The van der Waals surface area contributed by atoms with Crippen LogP contribution >= 0.6 is 0 Å². The number of amides is 2. The maximum atomic E-state index is 12.0. The van der Waals surface area contributed by atoms with Crippen molar-refractivity contribution < 1.29 is 14.3 Å². The van der Waals surface area contributed by atoms with Crippen molar-refractivity contribution >= 4 is 12.0 Å². The molecule has 2 fully saturated rings. The molecular formula is C17H31N3O3. The molecule has 6 nitrogen and oxygen atoms in total. The third kappa shape index (κ3) is 6.77. The highest BCUT2D eigenvalue weighted by molar-refractivity contribution is 5.81. The predicted molar refractivity (Wildman–Crippen MR) is 89.2 cm³/mol. The minimum atomic E-state index is -0.465. The summed E-state index contributed by atoms with van der Waals surface area (Å²) in [6.45, 7) is 7.51.